The molecule has 10 heteroatoms. The van der Waals surface area contributed by atoms with Gasteiger partial charge in [-0.2, -0.15) is 9.97 Å². The molecule has 4 aliphatic rings. The number of piperazine rings is 1. The van der Waals surface area contributed by atoms with Gasteiger partial charge in [-0.1, -0.05) is 18.7 Å². The van der Waals surface area contributed by atoms with Gasteiger partial charge in [-0.05, 0) is 64.0 Å². The first kappa shape index (κ1) is 27.6. The van der Waals surface area contributed by atoms with Gasteiger partial charge >= 0.3 is 6.01 Å². The Balaban J connectivity index is 1.37. The molecule has 41 heavy (non-hydrogen) atoms. The molecule has 0 saturated carbocycles. The Morgan fingerprint density at radius 3 is 2.88 bits per heavy atom. The zero-order valence-corrected chi connectivity index (χ0v) is 24.0. The van der Waals surface area contributed by atoms with Crippen molar-refractivity contribution in [3.8, 4) is 6.01 Å². The molecular formula is C31H38FN7O2. The molecule has 0 N–H and O–H groups in total. The predicted molar refractivity (Wildman–Crippen MR) is 154 cm³/mol. The maximum atomic E-state index is 15.3. The highest BCUT2D eigenvalue weighted by Crippen LogP contribution is 2.49. The monoisotopic (exact) mass is 559 g/mol. The third-order valence-corrected chi connectivity index (χ3v) is 9.63. The summed E-state index contributed by atoms with van der Waals surface area (Å²) in [6.07, 6.45) is 5.78. The number of ether oxygens (including phenoxy) is 1. The van der Waals surface area contributed by atoms with Crippen LogP contribution in [0.25, 0.3) is 4.85 Å². The highest BCUT2D eigenvalue weighted by atomic mass is 19.1. The molecule has 2 fully saturated rings. The van der Waals surface area contributed by atoms with E-state index in [1.807, 2.05) is 6.07 Å². The Kier molecular flexibility index (Phi) is 7.43. The van der Waals surface area contributed by atoms with Gasteiger partial charge in [0.15, 0.2) is 0 Å². The van der Waals surface area contributed by atoms with Gasteiger partial charge in [0.05, 0.1) is 11.2 Å². The van der Waals surface area contributed by atoms with Crippen LogP contribution in [0.15, 0.2) is 30.9 Å². The largest absolute Gasteiger partial charge is 0.462 e. The summed E-state index contributed by atoms with van der Waals surface area (Å²) in [4.78, 5) is 34.6. The van der Waals surface area contributed by atoms with Gasteiger partial charge in [0, 0.05) is 49.8 Å². The van der Waals surface area contributed by atoms with Crippen molar-refractivity contribution in [1.29, 1.82) is 0 Å². The quantitative estimate of drug-likeness (QED) is 0.398. The SMILES string of the molecule is [C-]#[N+]C[C@H]1CN(c2nc(OC[C@@H]3CCCN3C)nc3c2CN(C)[C@]2(CCc4cccc(F)c42)C3)CCN1C(=O)C=C. The Hall–Kier alpha value is -3.55. The van der Waals surface area contributed by atoms with E-state index in [1.165, 1.54) is 6.08 Å². The fraction of sp³-hybridized carbons (Fsp3) is 0.548. The summed E-state index contributed by atoms with van der Waals surface area (Å²) in [5, 5.41) is 0. The maximum Gasteiger partial charge on any atom is 0.318 e. The lowest BCUT2D eigenvalue weighted by atomic mass is 9.80. The molecule has 0 unspecified atom stereocenters. The molecule has 1 spiro atoms. The van der Waals surface area contributed by atoms with Crippen LogP contribution in [-0.2, 0) is 29.7 Å². The Labute approximate surface area is 241 Å². The van der Waals surface area contributed by atoms with Crippen LogP contribution < -0.4 is 9.64 Å². The van der Waals surface area contributed by atoms with E-state index in [-0.39, 0.29) is 24.3 Å². The van der Waals surface area contributed by atoms with Crippen LogP contribution in [0, 0.1) is 12.4 Å². The van der Waals surface area contributed by atoms with Crippen LogP contribution in [0.4, 0.5) is 10.2 Å². The molecule has 3 aliphatic heterocycles. The number of likely N-dealkylation sites (tertiary alicyclic amines) is 1. The molecule has 4 heterocycles. The van der Waals surface area contributed by atoms with E-state index in [1.54, 1.807) is 17.0 Å². The number of carbonyl (C=O) groups excluding carboxylic acids is 1. The lowest BCUT2D eigenvalue weighted by Gasteiger charge is -2.46. The van der Waals surface area contributed by atoms with E-state index < -0.39 is 5.54 Å². The molecule has 2 saturated heterocycles. The Morgan fingerprint density at radius 1 is 1.27 bits per heavy atom. The number of aromatic nitrogens is 2. The molecule has 1 aliphatic carbocycles. The molecule has 0 radical (unpaired) electrons. The van der Waals surface area contributed by atoms with Gasteiger partial charge in [0.2, 0.25) is 12.5 Å². The van der Waals surface area contributed by atoms with Crippen molar-refractivity contribution in [3.05, 3.63) is 70.5 Å². The number of anilines is 1. The first-order valence-electron chi connectivity index (χ1n) is 14.6. The number of fused-ring (bicyclic) bond motifs is 3. The van der Waals surface area contributed by atoms with E-state index in [0.29, 0.717) is 51.3 Å². The van der Waals surface area contributed by atoms with E-state index in [9.17, 15) is 4.79 Å². The zero-order chi connectivity index (χ0) is 28.7. The van der Waals surface area contributed by atoms with Crippen molar-refractivity contribution in [2.75, 3.05) is 58.3 Å². The number of benzene rings is 1. The van der Waals surface area contributed by atoms with E-state index in [0.717, 1.165) is 60.4 Å². The Morgan fingerprint density at radius 2 is 2.12 bits per heavy atom. The standard InChI is InChI=1S/C31H38FN7O2/c1-5-27(40)39-15-14-38(18-23(39)17-33-2)29-24-19-37(4)31(12-11-21-8-6-10-25(32)28(21)31)16-26(24)34-30(35-29)41-20-22-9-7-13-36(22)3/h5-6,8,10,22-23H,1,7,9,11-20H2,3-4H3/t22-,23-,31+/m0/s1. The highest BCUT2D eigenvalue weighted by molar-refractivity contribution is 5.87. The molecular weight excluding hydrogens is 521 g/mol. The fourth-order valence-electron chi connectivity index (χ4n) is 7.33. The highest BCUT2D eigenvalue weighted by Gasteiger charge is 2.48. The van der Waals surface area contributed by atoms with E-state index in [2.05, 4.69) is 40.2 Å². The molecule has 2 aromatic rings. The van der Waals surface area contributed by atoms with Crippen molar-refractivity contribution in [3.63, 3.8) is 0 Å². The first-order chi connectivity index (χ1) is 19.8. The summed E-state index contributed by atoms with van der Waals surface area (Å²) in [6.45, 7) is 15.0. The van der Waals surface area contributed by atoms with Crippen LogP contribution in [0.3, 0.4) is 0 Å². The lowest BCUT2D eigenvalue weighted by molar-refractivity contribution is -0.128. The maximum absolute atomic E-state index is 15.3. The lowest BCUT2D eigenvalue weighted by Crippen LogP contribution is -2.56. The van der Waals surface area contributed by atoms with Crippen molar-refractivity contribution < 1.29 is 13.9 Å². The van der Waals surface area contributed by atoms with Crippen LogP contribution in [0.2, 0.25) is 0 Å². The van der Waals surface area contributed by atoms with Gasteiger partial charge in [0.1, 0.15) is 24.3 Å². The second-order valence-corrected chi connectivity index (χ2v) is 11.9. The molecule has 1 aromatic carbocycles. The van der Waals surface area contributed by atoms with Crippen molar-refractivity contribution in [2.24, 2.45) is 0 Å². The number of carbonyl (C=O) groups is 1. The third kappa shape index (κ3) is 4.85. The van der Waals surface area contributed by atoms with Crippen LogP contribution in [0.5, 0.6) is 6.01 Å². The van der Waals surface area contributed by atoms with Gasteiger partial charge in [-0.3, -0.25) is 9.69 Å². The summed E-state index contributed by atoms with van der Waals surface area (Å²) in [5.74, 6) is 0.477. The van der Waals surface area contributed by atoms with Crippen molar-refractivity contribution in [1.82, 2.24) is 24.7 Å². The summed E-state index contributed by atoms with van der Waals surface area (Å²) in [6, 6.07) is 5.80. The molecule has 9 nitrogen and oxygen atoms in total. The van der Waals surface area contributed by atoms with Crippen LogP contribution in [0.1, 0.15) is 41.6 Å². The molecule has 1 amide bonds. The summed E-state index contributed by atoms with van der Waals surface area (Å²) in [7, 11) is 4.18. The van der Waals surface area contributed by atoms with Gasteiger partial charge < -0.3 is 24.3 Å². The molecule has 1 aromatic heterocycles. The van der Waals surface area contributed by atoms with Gasteiger partial charge in [0.25, 0.3) is 0 Å². The van der Waals surface area contributed by atoms with E-state index in [4.69, 9.17) is 21.3 Å². The number of amides is 1. The zero-order valence-electron chi connectivity index (χ0n) is 24.0. The first-order valence-corrected chi connectivity index (χ1v) is 14.6. The summed E-state index contributed by atoms with van der Waals surface area (Å²) < 4.78 is 21.6. The number of nitrogens with zero attached hydrogens (tertiary/aromatic N) is 7. The minimum Gasteiger partial charge on any atom is -0.462 e. The van der Waals surface area contributed by atoms with E-state index >= 15 is 4.39 Å². The molecule has 3 atom stereocenters. The predicted octanol–water partition coefficient (Wildman–Crippen LogP) is 3.04. The fourth-order valence-corrected chi connectivity index (χ4v) is 7.33. The van der Waals surface area contributed by atoms with Gasteiger partial charge in [-0.15, -0.1) is 0 Å². The minimum absolute atomic E-state index is 0.156. The molecule has 6 rings (SSSR count). The van der Waals surface area contributed by atoms with Crippen molar-refractivity contribution in [2.45, 2.75) is 56.3 Å². The average Bonchev–Trinajstić information content (AvgIpc) is 3.56. The minimum atomic E-state index is -0.468. The van der Waals surface area contributed by atoms with Crippen LogP contribution >= 0.6 is 0 Å². The number of rotatable bonds is 6. The smallest absolute Gasteiger partial charge is 0.318 e. The number of halogens is 1. The second-order valence-electron chi connectivity index (χ2n) is 11.9. The van der Waals surface area contributed by atoms with Crippen LogP contribution in [-0.4, -0.2) is 96.1 Å². The van der Waals surface area contributed by atoms with Gasteiger partial charge in [-0.25, -0.2) is 11.0 Å². The molecule has 216 valence electrons. The Bertz CT molecular complexity index is 1390. The number of hydrogen-bond donors (Lipinski definition) is 0. The number of likely N-dealkylation sites (N-methyl/N-ethyl adjacent to an activating group) is 2. The average molecular weight is 560 g/mol. The normalized spacial score (nSPS) is 26.1. The van der Waals surface area contributed by atoms with Crippen molar-refractivity contribution >= 4 is 11.7 Å². The topological polar surface area (TPSA) is 69.4 Å². The molecule has 0 bridgehead atoms. The third-order valence-electron chi connectivity index (χ3n) is 9.63. The summed E-state index contributed by atoms with van der Waals surface area (Å²) in [5.41, 5.74) is 3.30. The second kappa shape index (κ2) is 11.0. The number of aryl methyl sites for hydroxylation is 1. The summed E-state index contributed by atoms with van der Waals surface area (Å²) >= 11 is 0. The number of hydrogen-bond acceptors (Lipinski definition) is 7.